The molecule has 0 aromatic heterocycles. The van der Waals surface area contributed by atoms with Gasteiger partial charge >= 0.3 is 0 Å². The fourth-order valence-electron chi connectivity index (χ4n) is 4.59. The lowest BCUT2D eigenvalue weighted by Gasteiger charge is -2.34. The van der Waals surface area contributed by atoms with Crippen LogP contribution < -0.4 is 5.32 Å². The van der Waals surface area contributed by atoms with Crippen molar-refractivity contribution < 1.29 is 4.39 Å². The van der Waals surface area contributed by atoms with Crippen LogP contribution in [0.1, 0.15) is 65.0 Å². The summed E-state index contributed by atoms with van der Waals surface area (Å²) in [7, 11) is 0. The molecule has 0 radical (unpaired) electrons. The van der Waals surface area contributed by atoms with Crippen LogP contribution in [-0.4, -0.2) is 35.7 Å². The highest BCUT2D eigenvalue weighted by Crippen LogP contribution is 2.26. The molecule has 32 heavy (non-hydrogen) atoms. The van der Waals surface area contributed by atoms with Gasteiger partial charge in [-0.1, -0.05) is 55.1 Å². The van der Waals surface area contributed by atoms with Gasteiger partial charge in [0.25, 0.3) is 0 Å². The van der Waals surface area contributed by atoms with E-state index in [1.807, 2.05) is 0 Å². The van der Waals surface area contributed by atoms with E-state index in [9.17, 15) is 4.39 Å². The Kier molecular flexibility index (Phi) is 7.82. The maximum absolute atomic E-state index is 13.9. The number of alkyl halides is 1. The summed E-state index contributed by atoms with van der Waals surface area (Å²) in [6, 6.07) is 17.6. The molecule has 0 atom stereocenters. The Bertz CT molecular complexity index is 861. The zero-order chi connectivity index (χ0) is 23.4. The van der Waals surface area contributed by atoms with Crippen LogP contribution in [0.2, 0.25) is 0 Å². The number of nitrogens with one attached hydrogen (secondary N) is 1. The van der Waals surface area contributed by atoms with Crippen molar-refractivity contribution in [3.05, 3.63) is 66.2 Å². The molecule has 0 unspecified atom stereocenters. The summed E-state index contributed by atoms with van der Waals surface area (Å²) < 4.78 is 13.9. The maximum Gasteiger partial charge on any atom is 0.118 e. The quantitative estimate of drug-likeness (QED) is 0.474. The highest BCUT2D eigenvalue weighted by Gasteiger charge is 2.25. The van der Waals surface area contributed by atoms with Gasteiger partial charge in [0.15, 0.2) is 0 Å². The minimum atomic E-state index is -1.09. The Morgan fingerprint density at radius 1 is 0.938 bits per heavy atom. The second kappa shape index (κ2) is 10.2. The van der Waals surface area contributed by atoms with Crippen molar-refractivity contribution in [1.29, 1.82) is 0 Å². The smallest absolute Gasteiger partial charge is 0.118 e. The minimum absolute atomic E-state index is 0.00784. The maximum atomic E-state index is 13.9. The summed E-state index contributed by atoms with van der Waals surface area (Å²) >= 11 is 0. The lowest BCUT2D eigenvalue weighted by atomic mass is 9.90. The first-order valence-corrected chi connectivity index (χ1v) is 12.1. The van der Waals surface area contributed by atoms with E-state index >= 15 is 0 Å². The summed E-state index contributed by atoms with van der Waals surface area (Å²) in [6.07, 6.45) is 4.73. The number of halogens is 1. The molecule has 1 aliphatic rings. The molecule has 2 aromatic rings. The van der Waals surface area contributed by atoms with Gasteiger partial charge in [-0.05, 0) is 102 Å². The number of piperidine rings is 1. The molecule has 0 bridgehead atoms. The molecule has 2 aromatic carbocycles. The van der Waals surface area contributed by atoms with Gasteiger partial charge in [0.1, 0.15) is 5.67 Å². The number of nitrogens with zero attached hydrogens (tertiary/aromatic N) is 1. The number of benzene rings is 2. The predicted molar refractivity (Wildman–Crippen MR) is 136 cm³/mol. The molecule has 3 rings (SSSR count). The van der Waals surface area contributed by atoms with Crippen LogP contribution in [0.3, 0.4) is 0 Å². The monoisotopic (exact) mass is 436 g/mol. The highest BCUT2D eigenvalue weighted by atomic mass is 19.1. The second-order valence-corrected chi connectivity index (χ2v) is 11.1. The van der Waals surface area contributed by atoms with Gasteiger partial charge in [-0.15, -0.1) is 0 Å². The summed E-state index contributed by atoms with van der Waals surface area (Å²) in [4.78, 5) is 2.28. The van der Waals surface area contributed by atoms with E-state index in [0.717, 1.165) is 36.7 Å². The Labute approximate surface area is 194 Å². The van der Waals surface area contributed by atoms with Crippen LogP contribution in [0.25, 0.3) is 16.8 Å². The van der Waals surface area contributed by atoms with E-state index in [1.54, 1.807) is 13.8 Å². The van der Waals surface area contributed by atoms with Gasteiger partial charge in [0.05, 0.1) is 0 Å². The summed E-state index contributed by atoms with van der Waals surface area (Å²) in [5.41, 5.74) is 4.88. The molecular weight excluding hydrogens is 395 g/mol. The van der Waals surface area contributed by atoms with Gasteiger partial charge in [-0.25, -0.2) is 4.39 Å². The zero-order valence-electron chi connectivity index (χ0n) is 20.7. The lowest BCUT2D eigenvalue weighted by molar-refractivity contribution is 0.0943. The molecule has 0 saturated carbocycles. The average molecular weight is 437 g/mol. The van der Waals surface area contributed by atoms with E-state index in [4.69, 9.17) is 0 Å². The van der Waals surface area contributed by atoms with E-state index in [-0.39, 0.29) is 5.54 Å². The standard InChI is InChI=1S/C29H41FN2/c1-22(31-28(2,3)4)25-13-15-27(16-14-25)26-11-9-23(10-12-26)7-8-24-17-19-32(20-18-24)21-29(5,6)30/h9-16,24,31H,1,7-8,17-21H2,2-6H3. The Balaban J connectivity index is 1.49. The third-order valence-corrected chi connectivity index (χ3v) is 6.19. The van der Waals surface area contributed by atoms with Gasteiger partial charge < -0.3 is 10.2 Å². The first kappa shape index (κ1) is 24.5. The van der Waals surface area contributed by atoms with Crippen molar-refractivity contribution in [2.24, 2.45) is 5.92 Å². The number of hydrogen-bond acceptors (Lipinski definition) is 2. The Hall–Kier alpha value is -2.13. The minimum Gasteiger partial charge on any atom is -0.380 e. The molecule has 3 heteroatoms. The SMILES string of the molecule is C=C(NC(C)(C)C)c1ccc(-c2ccc(CCC3CCN(CC(C)(C)F)CC3)cc2)cc1. The van der Waals surface area contributed by atoms with Crippen LogP contribution in [-0.2, 0) is 6.42 Å². The largest absolute Gasteiger partial charge is 0.380 e. The fourth-order valence-corrected chi connectivity index (χ4v) is 4.59. The van der Waals surface area contributed by atoms with E-state index < -0.39 is 5.67 Å². The average Bonchev–Trinajstić information content (AvgIpc) is 2.71. The van der Waals surface area contributed by atoms with Gasteiger partial charge in [-0.3, -0.25) is 0 Å². The number of hydrogen-bond donors (Lipinski definition) is 1. The molecule has 1 aliphatic heterocycles. The van der Waals surface area contributed by atoms with Gasteiger partial charge in [0.2, 0.25) is 0 Å². The Morgan fingerprint density at radius 3 is 1.97 bits per heavy atom. The van der Waals surface area contributed by atoms with Gasteiger partial charge in [0, 0.05) is 17.8 Å². The topological polar surface area (TPSA) is 15.3 Å². The predicted octanol–water partition coefficient (Wildman–Crippen LogP) is 7.11. The summed E-state index contributed by atoms with van der Waals surface area (Å²) in [5.74, 6) is 0.760. The van der Waals surface area contributed by atoms with Crippen molar-refractivity contribution in [2.75, 3.05) is 19.6 Å². The van der Waals surface area contributed by atoms with E-state index in [2.05, 4.69) is 86.1 Å². The molecular formula is C29H41FN2. The molecule has 0 aliphatic carbocycles. The number of rotatable bonds is 8. The van der Waals surface area contributed by atoms with Crippen molar-refractivity contribution in [3.63, 3.8) is 0 Å². The molecule has 0 amide bonds. The third kappa shape index (κ3) is 7.78. The number of aryl methyl sites for hydroxylation is 1. The zero-order valence-corrected chi connectivity index (χ0v) is 20.7. The normalized spacial score (nSPS) is 16.2. The second-order valence-electron chi connectivity index (χ2n) is 11.1. The summed E-state index contributed by atoms with van der Waals surface area (Å²) in [6.45, 7) is 16.6. The number of likely N-dealkylation sites (tertiary alicyclic amines) is 1. The van der Waals surface area contributed by atoms with Crippen LogP contribution in [0, 0.1) is 5.92 Å². The molecule has 1 saturated heterocycles. The molecule has 1 N–H and O–H groups in total. The van der Waals surface area contributed by atoms with Crippen LogP contribution in [0.4, 0.5) is 4.39 Å². The first-order chi connectivity index (χ1) is 15.0. The van der Waals surface area contributed by atoms with Gasteiger partial charge in [-0.2, -0.15) is 0 Å². The third-order valence-electron chi connectivity index (χ3n) is 6.19. The van der Waals surface area contributed by atoms with Crippen molar-refractivity contribution in [1.82, 2.24) is 10.2 Å². The Morgan fingerprint density at radius 2 is 1.47 bits per heavy atom. The molecule has 1 heterocycles. The fraction of sp³-hybridized carbons (Fsp3) is 0.517. The summed E-state index contributed by atoms with van der Waals surface area (Å²) in [5, 5.41) is 3.44. The van der Waals surface area contributed by atoms with Crippen LogP contribution >= 0.6 is 0 Å². The van der Waals surface area contributed by atoms with Crippen LogP contribution in [0.5, 0.6) is 0 Å². The highest BCUT2D eigenvalue weighted by molar-refractivity contribution is 5.69. The van der Waals surface area contributed by atoms with E-state index in [1.165, 1.54) is 36.0 Å². The molecule has 2 nitrogen and oxygen atoms in total. The van der Waals surface area contributed by atoms with Crippen molar-refractivity contribution >= 4 is 5.70 Å². The van der Waals surface area contributed by atoms with Crippen LogP contribution in [0.15, 0.2) is 55.1 Å². The molecule has 1 fully saturated rings. The first-order valence-electron chi connectivity index (χ1n) is 12.1. The molecule has 174 valence electrons. The van der Waals surface area contributed by atoms with E-state index in [0.29, 0.717) is 6.54 Å². The van der Waals surface area contributed by atoms with Crippen molar-refractivity contribution in [2.45, 2.75) is 71.5 Å². The lowest BCUT2D eigenvalue weighted by Crippen LogP contribution is -2.41. The molecule has 0 spiro atoms. The van der Waals surface area contributed by atoms with Crippen molar-refractivity contribution in [3.8, 4) is 11.1 Å².